The van der Waals surface area contributed by atoms with Crippen LogP contribution in [-0.2, 0) is 9.53 Å². The fraction of sp³-hybridized carbons (Fsp3) is 0.800. The lowest BCUT2D eigenvalue weighted by molar-refractivity contribution is -0.166. The number of esters is 1. The summed E-state index contributed by atoms with van der Waals surface area (Å²) in [6.07, 6.45) is -1.73. The number of ether oxygens (including phenoxy) is 1. The Bertz CT molecular complexity index is 122. The Morgan fingerprint density at radius 3 is 2.67 bits per heavy atom. The quantitative estimate of drug-likeness (QED) is 0.400. The maximum Gasteiger partial charge on any atom is 0.335 e. The maximum absolute atomic E-state index is 10.4. The second kappa shape index (κ2) is 2.33. The largest absolute Gasteiger partial charge is 0.461 e. The van der Waals surface area contributed by atoms with Crippen LogP contribution in [-0.4, -0.2) is 35.0 Å². The summed E-state index contributed by atoms with van der Waals surface area (Å²) in [5, 5.41) is 17.5. The topological polar surface area (TPSA) is 66.8 Å². The molecule has 1 aliphatic heterocycles. The maximum atomic E-state index is 10.4. The molecule has 0 spiro atoms. The Balaban J connectivity index is 2.44. The molecule has 0 radical (unpaired) electrons. The van der Waals surface area contributed by atoms with E-state index >= 15 is 0 Å². The molecule has 1 saturated heterocycles. The highest BCUT2D eigenvalue weighted by molar-refractivity contribution is 5.75. The molecule has 4 heteroatoms. The van der Waals surface area contributed by atoms with Crippen LogP contribution in [0.3, 0.4) is 0 Å². The minimum atomic E-state index is -1.13. The SMILES string of the molecule is O=C1OC[C@@H](O)C[C@H]1O. The minimum Gasteiger partial charge on any atom is -0.461 e. The number of carbonyl (C=O) groups excluding carboxylic acids is 1. The van der Waals surface area contributed by atoms with Crippen LogP contribution < -0.4 is 0 Å². The van der Waals surface area contributed by atoms with Gasteiger partial charge in [-0.05, 0) is 0 Å². The van der Waals surface area contributed by atoms with Crippen LogP contribution in [0, 0.1) is 0 Å². The van der Waals surface area contributed by atoms with Gasteiger partial charge in [0.1, 0.15) is 6.61 Å². The van der Waals surface area contributed by atoms with Gasteiger partial charge >= 0.3 is 5.97 Å². The Morgan fingerprint density at radius 2 is 2.22 bits per heavy atom. The van der Waals surface area contributed by atoms with E-state index < -0.39 is 18.2 Å². The van der Waals surface area contributed by atoms with Gasteiger partial charge in [-0.1, -0.05) is 0 Å². The number of hydrogen-bond donors (Lipinski definition) is 2. The van der Waals surface area contributed by atoms with Gasteiger partial charge in [0.05, 0.1) is 6.10 Å². The molecular formula is C5H8O4. The van der Waals surface area contributed by atoms with Crippen molar-refractivity contribution < 1.29 is 19.7 Å². The molecule has 2 N–H and O–H groups in total. The lowest BCUT2D eigenvalue weighted by atomic mass is 10.1. The van der Waals surface area contributed by atoms with Crippen molar-refractivity contribution >= 4 is 5.97 Å². The monoisotopic (exact) mass is 132 g/mol. The molecule has 1 aliphatic rings. The smallest absolute Gasteiger partial charge is 0.335 e. The van der Waals surface area contributed by atoms with Crippen molar-refractivity contribution in [1.29, 1.82) is 0 Å². The van der Waals surface area contributed by atoms with Crippen molar-refractivity contribution in [1.82, 2.24) is 0 Å². The molecule has 0 unspecified atom stereocenters. The van der Waals surface area contributed by atoms with Crippen molar-refractivity contribution in [3.8, 4) is 0 Å². The Kier molecular flexibility index (Phi) is 1.68. The van der Waals surface area contributed by atoms with Gasteiger partial charge in [0.2, 0.25) is 0 Å². The van der Waals surface area contributed by atoms with E-state index in [4.69, 9.17) is 10.2 Å². The molecular weight excluding hydrogens is 124 g/mol. The average Bonchev–Trinajstić information content (AvgIpc) is 1.80. The number of carbonyl (C=O) groups is 1. The van der Waals surface area contributed by atoms with Gasteiger partial charge in [-0.2, -0.15) is 0 Å². The van der Waals surface area contributed by atoms with Crippen molar-refractivity contribution in [2.45, 2.75) is 18.6 Å². The zero-order valence-corrected chi connectivity index (χ0v) is 4.78. The zero-order chi connectivity index (χ0) is 6.85. The molecule has 1 heterocycles. The van der Waals surface area contributed by atoms with Crippen LogP contribution in [0.4, 0.5) is 0 Å². The van der Waals surface area contributed by atoms with Gasteiger partial charge in [0, 0.05) is 6.42 Å². The number of cyclic esters (lactones) is 1. The third-order valence-electron chi connectivity index (χ3n) is 1.19. The van der Waals surface area contributed by atoms with E-state index in [9.17, 15) is 4.79 Å². The van der Waals surface area contributed by atoms with Gasteiger partial charge < -0.3 is 14.9 Å². The summed E-state index contributed by atoms with van der Waals surface area (Å²) in [6.45, 7) is 0.00981. The van der Waals surface area contributed by atoms with E-state index in [0.29, 0.717) is 0 Å². The molecule has 0 amide bonds. The molecule has 0 aromatic heterocycles. The van der Waals surface area contributed by atoms with E-state index in [2.05, 4.69) is 4.74 Å². The first kappa shape index (κ1) is 6.51. The normalized spacial score (nSPS) is 36.0. The highest BCUT2D eigenvalue weighted by Crippen LogP contribution is 2.07. The fourth-order valence-electron chi connectivity index (χ4n) is 0.697. The van der Waals surface area contributed by atoms with Crippen molar-refractivity contribution in [3.05, 3.63) is 0 Å². The van der Waals surface area contributed by atoms with Gasteiger partial charge in [0.25, 0.3) is 0 Å². The van der Waals surface area contributed by atoms with Gasteiger partial charge in [0.15, 0.2) is 6.10 Å². The van der Waals surface area contributed by atoms with E-state index in [1.807, 2.05) is 0 Å². The fourth-order valence-corrected chi connectivity index (χ4v) is 0.697. The number of aliphatic hydroxyl groups is 2. The average molecular weight is 132 g/mol. The molecule has 1 fully saturated rings. The van der Waals surface area contributed by atoms with E-state index in [1.165, 1.54) is 0 Å². The summed E-state index contributed by atoms with van der Waals surface area (Å²) < 4.78 is 4.36. The number of hydrogen-bond acceptors (Lipinski definition) is 4. The second-order valence-electron chi connectivity index (χ2n) is 2.04. The summed E-state index contributed by atoms with van der Waals surface area (Å²) in [6, 6.07) is 0. The lowest BCUT2D eigenvalue weighted by Gasteiger charge is -2.20. The first-order chi connectivity index (χ1) is 4.20. The lowest BCUT2D eigenvalue weighted by Crippen LogP contribution is -2.37. The van der Waals surface area contributed by atoms with Crippen LogP contribution >= 0.6 is 0 Å². The molecule has 9 heavy (non-hydrogen) atoms. The molecule has 0 bridgehead atoms. The van der Waals surface area contributed by atoms with Crippen LogP contribution in [0.2, 0.25) is 0 Å². The van der Waals surface area contributed by atoms with Crippen LogP contribution in [0.5, 0.6) is 0 Å². The molecule has 52 valence electrons. The van der Waals surface area contributed by atoms with Crippen LogP contribution in [0.25, 0.3) is 0 Å². The van der Waals surface area contributed by atoms with Crippen LogP contribution in [0.15, 0.2) is 0 Å². The Morgan fingerprint density at radius 1 is 1.56 bits per heavy atom. The summed E-state index contributed by atoms with van der Waals surface area (Å²) >= 11 is 0. The van der Waals surface area contributed by atoms with Crippen molar-refractivity contribution in [2.24, 2.45) is 0 Å². The molecule has 4 nitrogen and oxygen atoms in total. The molecule has 0 aromatic carbocycles. The highest BCUT2D eigenvalue weighted by Gasteiger charge is 2.26. The van der Waals surface area contributed by atoms with E-state index in [1.54, 1.807) is 0 Å². The summed E-state index contributed by atoms with van der Waals surface area (Å²) in [5.74, 6) is -0.639. The Hall–Kier alpha value is -0.610. The van der Waals surface area contributed by atoms with Gasteiger partial charge in [-0.15, -0.1) is 0 Å². The molecule has 0 aromatic rings. The molecule has 1 rings (SSSR count). The first-order valence-electron chi connectivity index (χ1n) is 2.73. The second-order valence-corrected chi connectivity index (χ2v) is 2.04. The number of rotatable bonds is 0. The Labute approximate surface area is 52.1 Å². The predicted octanol–water partition coefficient (Wildman–Crippen LogP) is -1.34. The summed E-state index contributed by atoms with van der Waals surface area (Å²) in [4.78, 5) is 10.4. The zero-order valence-electron chi connectivity index (χ0n) is 4.78. The molecule has 0 aliphatic carbocycles. The molecule has 0 saturated carbocycles. The number of aliphatic hydroxyl groups excluding tert-OH is 2. The third kappa shape index (κ3) is 1.40. The standard InChI is InChI=1S/C5H8O4/c6-3-1-4(7)5(8)9-2-3/h3-4,6-7H,1-2H2/t3-,4+/m0/s1. The summed E-state index contributed by atoms with van der Waals surface area (Å²) in [5.41, 5.74) is 0. The van der Waals surface area contributed by atoms with Crippen molar-refractivity contribution in [3.63, 3.8) is 0 Å². The highest BCUT2D eigenvalue weighted by atomic mass is 16.6. The molecule has 2 atom stereocenters. The predicted molar refractivity (Wildman–Crippen MR) is 27.6 cm³/mol. The van der Waals surface area contributed by atoms with E-state index in [0.717, 1.165) is 0 Å². The minimum absolute atomic E-state index is 0.00981. The van der Waals surface area contributed by atoms with Crippen LogP contribution in [0.1, 0.15) is 6.42 Å². The third-order valence-corrected chi connectivity index (χ3v) is 1.19. The van der Waals surface area contributed by atoms with Gasteiger partial charge in [-0.3, -0.25) is 0 Å². The first-order valence-corrected chi connectivity index (χ1v) is 2.73. The van der Waals surface area contributed by atoms with Crippen molar-refractivity contribution in [2.75, 3.05) is 6.61 Å². The van der Waals surface area contributed by atoms with E-state index in [-0.39, 0.29) is 13.0 Å². The van der Waals surface area contributed by atoms with Gasteiger partial charge in [-0.25, -0.2) is 4.79 Å². The summed E-state index contributed by atoms with van der Waals surface area (Å²) in [7, 11) is 0.